The highest BCUT2D eigenvalue weighted by Gasteiger charge is 2.29. The van der Waals surface area contributed by atoms with Crippen molar-refractivity contribution in [1.82, 2.24) is 0 Å². The standard InChI is InChI=1S/C14H19ClO2/c1-11(15)12-5-7-13(8-6-12)17-14(2)9-3-4-10-16-14/h5-8,11H,3-4,9-10H2,1-2H3. The van der Waals surface area contributed by atoms with Crippen molar-refractivity contribution in [2.75, 3.05) is 6.61 Å². The summed E-state index contributed by atoms with van der Waals surface area (Å²) in [5, 5.41) is 0.0329. The normalized spacial score (nSPS) is 26.5. The third kappa shape index (κ3) is 3.36. The van der Waals surface area contributed by atoms with Gasteiger partial charge in [-0.05, 0) is 37.5 Å². The fourth-order valence-electron chi connectivity index (χ4n) is 2.04. The maximum atomic E-state index is 6.01. The highest BCUT2D eigenvalue weighted by Crippen LogP contribution is 2.29. The Hall–Kier alpha value is -0.730. The van der Waals surface area contributed by atoms with E-state index in [-0.39, 0.29) is 5.38 Å². The van der Waals surface area contributed by atoms with Gasteiger partial charge in [-0.1, -0.05) is 12.1 Å². The van der Waals surface area contributed by atoms with E-state index in [9.17, 15) is 0 Å². The average Bonchev–Trinajstić information content (AvgIpc) is 2.30. The summed E-state index contributed by atoms with van der Waals surface area (Å²) in [6.07, 6.45) is 3.23. The largest absolute Gasteiger partial charge is 0.463 e. The van der Waals surface area contributed by atoms with Gasteiger partial charge in [0.25, 0.3) is 0 Å². The molecule has 1 aliphatic rings. The molecule has 1 fully saturated rings. The molecule has 1 heterocycles. The summed E-state index contributed by atoms with van der Waals surface area (Å²) in [5.74, 6) is 0.377. The van der Waals surface area contributed by atoms with E-state index >= 15 is 0 Å². The lowest BCUT2D eigenvalue weighted by atomic mass is 10.1. The number of hydrogen-bond acceptors (Lipinski definition) is 2. The Labute approximate surface area is 108 Å². The van der Waals surface area contributed by atoms with Crippen molar-refractivity contribution >= 4 is 11.6 Å². The van der Waals surface area contributed by atoms with Crippen LogP contribution in [0, 0.1) is 0 Å². The van der Waals surface area contributed by atoms with Gasteiger partial charge in [0.15, 0.2) is 0 Å². The second-order valence-electron chi connectivity index (χ2n) is 4.73. The highest BCUT2D eigenvalue weighted by molar-refractivity contribution is 6.20. The number of benzene rings is 1. The molecule has 0 aromatic heterocycles. The first-order valence-electron chi connectivity index (χ1n) is 6.16. The lowest BCUT2D eigenvalue weighted by Gasteiger charge is -2.34. The first kappa shape index (κ1) is 12.7. The van der Waals surface area contributed by atoms with E-state index in [2.05, 4.69) is 0 Å². The monoisotopic (exact) mass is 254 g/mol. The third-order valence-electron chi connectivity index (χ3n) is 3.11. The average molecular weight is 255 g/mol. The molecule has 2 unspecified atom stereocenters. The summed E-state index contributed by atoms with van der Waals surface area (Å²) >= 11 is 6.01. The Morgan fingerprint density at radius 1 is 1.29 bits per heavy atom. The van der Waals surface area contributed by atoms with Crippen molar-refractivity contribution in [2.24, 2.45) is 0 Å². The van der Waals surface area contributed by atoms with Crippen molar-refractivity contribution in [3.8, 4) is 5.75 Å². The van der Waals surface area contributed by atoms with Crippen molar-refractivity contribution in [3.05, 3.63) is 29.8 Å². The molecule has 1 saturated heterocycles. The summed E-state index contributed by atoms with van der Waals surface area (Å²) in [4.78, 5) is 0. The molecule has 2 nitrogen and oxygen atoms in total. The van der Waals surface area contributed by atoms with Gasteiger partial charge in [0.2, 0.25) is 5.79 Å². The molecule has 2 rings (SSSR count). The number of rotatable bonds is 3. The molecule has 1 aromatic rings. The molecule has 0 amide bonds. The van der Waals surface area contributed by atoms with Gasteiger partial charge in [-0.3, -0.25) is 0 Å². The van der Waals surface area contributed by atoms with Crippen molar-refractivity contribution < 1.29 is 9.47 Å². The molecule has 0 saturated carbocycles. The van der Waals surface area contributed by atoms with Gasteiger partial charge >= 0.3 is 0 Å². The molecule has 2 atom stereocenters. The molecular weight excluding hydrogens is 236 g/mol. The van der Waals surface area contributed by atoms with E-state index in [1.807, 2.05) is 38.1 Å². The summed E-state index contributed by atoms with van der Waals surface area (Å²) < 4.78 is 11.6. The summed E-state index contributed by atoms with van der Waals surface area (Å²) in [7, 11) is 0. The summed E-state index contributed by atoms with van der Waals surface area (Å²) in [6, 6.07) is 7.91. The van der Waals surface area contributed by atoms with E-state index in [1.165, 1.54) is 0 Å². The van der Waals surface area contributed by atoms with Gasteiger partial charge in [-0.25, -0.2) is 0 Å². The van der Waals surface area contributed by atoms with Crippen molar-refractivity contribution in [1.29, 1.82) is 0 Å². The van der Waals surface area contributed by atoms with Gasteiger partial charge in [-0.2, -0.15) is 0 Å². The molecule has 3 heteroatoms. The van der Waals surface area contributed by atoms with Gasteiger partial charge < -0.3 is 9.47 Å². The van der Waals surface area contributed by atoms with E-state index in [4.69, 9.17) is 21.1 Å². The molecule has 0 radical (unpaired) electrons. The van der Waals surface area contributed by atoms with Crippen LogP contribution in [0.1, 0.15) is 44.1 Å². The molecule has 0 spiro atoms. The molecule has 0 bridgehead atoms. The van der Waals surface area contributed by atoms with E-state index in [1.54, 1.807) is 0 Å². The van der Waals surface area contributed by atoms with Crippen LogP contribution in [-0.4, -0.2) is 12.4 Å². The van der Waals surface area contributed by atoms with Gasteiger partial charge in [0.05, 0.1) is 12.0 Å². The van der Waals surface area contributed by atoms with Crippen LogP contribution in [0.2, 0.25) is 0 Å². The van der Waals surface area contributed by atoms with Gasteiger partial charge in [0, 0.05) is 13.3 Å². The number of ether oxygens (including phenoxy) is 2. The van der Waals surface area contributed by atoms with Crippen LogP contribution < -0.4 is 4.74 Å². The highest BCUT2D eigenvalue weighted by atomic mass is 35.5. The maximum absolute atomic E-state index is 6.01. The van der Waals surface area contributed by atoms with E-state index in [0.717, 1.165) is 37.2 Å². The lowest BCUT2D eigenvalue weighted by molar-refractivity contribution is -0.192. The molecule has 1 aliphatic heterocycles. The molecule has 94 valence electrons. The number of halogens is 1. The van der Waals surface area contributed by atoms with Crippen LogP contribution in [0.25, 0.3) is 0 Å². The molecule has 1 aromatic carbocycles. The van der Waals surface area contributed by atoms with Gasteiger partial charge in [-0.15, -0.1) is 11.6 Å². The van der Waals surface area contributed by atoms with Crippen molar-refractivity contribution in [2.45, 2.75) is 44.3 Å². The third-order valence-corrected chi connectivity index (χ3v) is 3.36. The topological polar surface area (TPSA) is 18.5 Å². The molecular formula is C14H19ClO2. The minimum Gasteiger partial charge on any atom is -0.463 e. The van der Waals surface area contributed by atoms with Gasteiger partial charge in [0.1, 0.15) is 5.75 Å². The fourth-order valence-corrected chi connectivity index (χ4v) is 2.18. The first-order chi connectivity index (χ1) is 8.09. The molecule has 0 N–H and O–H groups in total. The Morgan fingerprint density at radius 3 is 2.53 bits per heavy atom. The van der Waals surface area contributed by atoms with Crippen LogP contribution in [0.4, 0.5) is 0 Å². The zero-order valence-corrected chi connectivity index (χ0v) is 11.2. The minimum absolute atomic E-state index is 0.0329. The Balaban J connectivity index is 2.03. The first-order valence-corrected chi connectivity index (χ1v) is 6.60. The predicted molar refractivity (Wildman–Crippen MR) is 69.5 cm³/mol. The smallest absolute Gasteiger partial charge is 0.207 e. The lowest BCUT2D eigenvalue weighted by Crippen LogP contribution is -2.38. The van der Waals surface area contributed by atoms with Crippen LogP contribution >= 0.6 is 11.6 Å². The van der Waals surface area contributed by atoms with Crippen LogP contribution in [0.3, 0.4) is 0 Å². The number of hydrogen-bond donors (Lipinski definition) is 0. The second-order valence-corrected chi connectivity index (χ2v) is 5.38. The zero-order valence-electron chi connectivity index (χ0n) is 10.4. The molecule has 17 heavy (non-hydrogen) atoms. The van der Waals surface area contributed by atoms with E-state index in [0.29, 0.717) is 0 Å². The fraction of sp³-hybridized carbons (Fsp3) is 0.571. The van der Waals surface area contributed by atoms with Crippen LogP contribution in [0.15, 0.2) is 24.3 Å². The SMILES string of the molecule is CC(Cl)c1ccc(OC2(C)CCCCO2)cc1. The van der Waals surface area contributed by atoms with Crippen molar-refractivity contribution in [3.63, 3.8) is 0 Å². The summed E-state index contributed by atoms with van der Waals surface area (Å²) in [5.41, 5.74) is 1.11. The van der Waals surface area contributed by atoms with E-state index < -0.39 is 5.79 Å². The predicted octanol–water partition coefficient (Wildman–Crippen LogP) is 4.28. The maximum Gasteiger partial charge on any atom is 0.207 e. The Morgan fingerprint density at radius 2 is 2.00 bits per heavy atom. The number of alkyl halides is 1. The Kier molecular flexibility index (Phi) is 3.95. The zero-order chi connectivity index (χ0) is 12.3. The minimum atomic E-state index is -0.466. The van der Waals surface area contributed by atoms with Crippen LogP contribution in [-0.2, 0) is 4.74 Å². The summed E-state index contributed by atoms with van der Waals surface area (Å²) in [6.45, 7) is 4.75. The quantitative estimate of drug-likeness (QED) is 0.750. The van der Waals surface area contributed by atoms with Crippen LogP contribution in [0.5, 0.6) is 5.75 Å². The molecule has 0 aliphatic carbocycles. The Bertz CT molecular complexity index is 353. The second kappa shape index (κ2) is 5.28.